The second kappa shape index (κ2) is 4.57. The van der Waals surface area contributed by atoms with Crippen LogP contribution in [0.4, 0.5) is 0 Å². The molecular formula is C8H15N3S. The molecule has 1 heterocycles. The van der Waals surface area contributed by atoms with Crippen LogP contribution in [0, 0.1) is 0 Å². The van der Waals surface area contributed by atoms with E-state index in [0.717, 1.165) is 6.54 Å². The average Bonchev–Trinajstić information content (AvgIpc) is 2.51. The largest absolute Gasteiger partial charge is 0.307 e. The molecule has 1 aromatic heterocycles. The maximum atomic E-state index is 5.44. The molecule has 0 saturated heterocycles. The number of thiophene rings is 1. The maximum Gasteiger partial charge on any atom is 0.0679 e. The Hall–Kier alpha value is -0.420. The fourth-order valence-electron chi connectivity index (χ4n) is 1.08. The number of likely N-dealkylation sites (N-methyl/N-ethyl adjacent to an activating group) is 1. The molecule has 0 aliphatic heterocycles. The zero-order chi connectivity index (χ0) is 8.97. The smallest absolute Gasteiger partial charge is 0.0679 e. The Morgan fingerprint density at radius 3 is 2.83 bits per heavy atom. The number of hydrazine groups is 1. The molecule has 0 bridgehead atoms. The lowest BCUT2D eigenvalue weighted by molar-refractivity contribution is 0.347. The van der Waals surface area contributed by atoms with Gasteiger partial charge in [-0.25, -0.2) is 0 Å². The lowest BCUT2D eigenvalue weighted by atomic mass is 10.2. The molecule has 1 rings (SSSR count). The van der Waals surface area contributed by atoms with E-state index in [2.05, 4.69) is 21.8 Å². The van der Waals surface area contributed by atoms with Crippen LogP contribution in [0.3, 0.4) is 0 Å². The van der Waals surface area contributed by atoms with Gasteiger partial charge in [-0.1, -0.05) is 6.07 Å². The molecule has 1 atom stereocenters. The molecule has 0 aliphatic rings. The van der Waals surface area contributed by atoms with Crippen molar-refractivity contribution in [3.8, 4) is 0 Å². The van der Waals surface area contributed by atoms with Crippen LogP contribution in [-0.4, -0.2) is 25.5 Å². The monoisotopic (exact) mass is 185 g/mol. The minimum absolute atomic E-state index is 0.250. The molecule has 1 aromatic rings. The SMILES string of the molecule is CN(C)CC(NN)c1cccs1. The lowest BCUT2D eigenvalue weighted by Crippen LogP contribution is -2.34. The lowest BCUT2D eigenvalue weighted by Gasteiger charge is -2.18. The first kappa shape index (κ1) is 9.67. The van der Waals surface area contributed by atoms with Crippen molar-refractivity contribution in [1.82, 2.24) is 10.3 Å². The van der Waals surface area contributed by atoms with Crippen molar-refractivity contribution in [2.75, 3.05) is 20.6 Å². The van der Waals surface area contributed by atoms with Crippen LogP contribution in [0.15, 0.2) is 17.5 Å². The van der Waals surface area contributed by atoms with Gasteiger partial charge < -0.3 is 4.90 Å². The van der Waals surface area contributed by atoms with Gasteiger partial charge in [-0.2, -0.15) is 0 Å². The van der Waals surface area contributed by atoms with Crippen molar-refractivity contribution in [3.05, 3.63) is 22.4 Å². The highest BCUT2D eigenvalue weighted by atomic mass is 32.1. The quantitative estimate of drug-likeness (QED) is 0.539. The van der Waals surface area contributed by atoms with Crippen LogP contribution in [0.2, 0.25) is 0 Å². The summed E-state index contributed by atoms with van der Waals surface area (Å²) in [6, 6.07) is 4.39. The predicted molar refractivity (Wildman–Crippen MR) is 52.9 cm³/mol. The van der Waals surface area contributed by atoms with Crippen molar-refractivity contribution >= 4 is 11.3 Å². The molecule has 0 fully saturated rings. The summed E-state index contributed by atoms with van der Waals surface area (Å²) in [5.74, 6) is 5.44. The average molecular weight is 185 g/mol. The van der Waals surface area contributed by atoms with Crippen LogP contribution in [0.5, 0.6) is 0 Å². The zero-order valence-electron chi connectivity index (χ0n) is 7.45. The summed E-state index contributed by atoms with van der Waals surface area (Å²) in [6.45, 7) is 0.928. The van der Waals surface area contributed by atoms with Crippen molar-refractivity contribution in [3.63, 3.8) is 0 Å². The van der Waals surface area contributed by atoms with Crippen LogP contribution in [0.1, 0.15) is 10.9 Å². The third-order valence-corrected chi connectivity index (χ3v) is 2.62. The highest BCUT2D eigenvalue weighted by Gasteiger charge is 2.10. The Morgan fingerprint density at radius 2 is 2.42 bits per heavy atom. The maximum absolute atomic E-state index is 5.44. The van der Waals surface area contributed by atoms with Gasteiger partial charge in [0.15, 0.2) is 0 Å². The van der Waals surface area contributed by atoms with Crippen LogP contribution < -0.4 is 11.3 Å². The molecule has 0 radical (unpaired) electrons. The fourth-order valence-corrected chi connectivity index (χ4v) is 1.86. The molecule has 0 saturated carbocycles. The topological polar surface area (TPSA) is 41.3 Å². The summed E-state index contributed by atoms with van der Waals surface area (Å²) >= 11 is 1.73. The van der Waals surface area contributed by atoms with Gasteiger partial charge in [0.1, 0.15) is 0 Å². The predicted octanol–water partition coefficient (Wildman–Crippen LogP) is 0.814. The van der Waals surface area contributed by atoms with Crippen molar-refractivity contribution in [2.24, 2.45) is 5.84 Å². The number of nitrogens with zero attached hydrogens (tertiary/aromatic N) is 1. The van der Waals surface area contributed by atoms with E-state index in [4.69, 9.17) is 5.84 Å². The first-order chi connectivity index (χ1) is 5.74. The Labute approximate surface area is 77.2 Å². The molecule has 0 aliphatic carbocycles. The second-order valence-electron chi connectivity index (χ2n) is 3.00. The molecule has 4 heteroatoms. The second-order valence-corrected chi connectivity index (χ2v) is 3.98. The molecule has 1 unspecified atom stereocenters. The summed E-state index contributed by atoms with van der Waals surface area (Å²) in [6.07, 6.45) is 0. The van der Waals surface area contributed by atoms with E-state index >= 15 is 0 Å². The highest BCUT2D eigenvalue weighted by Crippen LogP contribution is 2.18. The first-order valence-electron chi connectivity index (χ1n) is 3.88. The van der Waals surface area contributed by atoms with Crippen LogP contribution in [-0.2, 0) is 0 Å². The third kappa shape index (κ3) is 2.57. The zero-order valence-corrected chi connectivity index (χ0v) is 8.27. The molecule has 12 heavy (non-hydrogen) atoms. The normalized spacial score (nSPS) is 13.7. The Morgan fingerprint density at radius 1 is 1.67 bits per heavy atom. The summed E-state index contributed by atoms with van der Waals surface area (Å²) in [5, 5.41) is 2.06. The Balaban J connectivity index is 2.57. The van der Waals surface area contributed by atoms with Crippen molar-refractivity contribution in [2.45, 2.75) is 6.04 Å². The fraction of sp³-hybridized carbons (Fsp3) is 0.500. The first-order valence-corrected chi connectivity index (χ1v) is 4.76. The molecule has 68 valence electrons. The standard InChI is InChI=1S/C8H15N3S/c1-11(2)6-7(10-9)8-4-3-5-12-8/h3-5,7,10H,6,9H2,1-2H3. The Bertz CT molecular complexity index is 208. The summed E-state index contributed by atoms with van der Waals surface area (Å²) < 4.78 is 0. The number of hydrogen-bond acceptors (Lipinski definition) is 4. The molecular weight excluding hydrogens is 170 g/mol. The summed E-state index contributed by atoms with van der Waals surface area (Å²) in [5.41, 5.74) is 2.80. The number of rotatable bonds is 4. The minimum atomic E-state index is 0.250. The van der Waals surface area contributed by atoms with Gasteiger partial charge in [0.25, 0.3) is 0 Å². The van der Waals surface area contributed by atoms with Gasteiger partial charge in [0, 0.05) is 11.4 Å². The molecule has 3 nitrogen and oxygen atoms in total. The van der Waals surface area contributed by atoms with Crippen LogP contribution >= 0.6 is 11.3 Å². The van der Waals surface area contributed by atoms with Gasteiger partial charge in [-0.3, -0.25) is 11.3 Å². The number of nitrogens with two attached hydrogens (primary N) is 1. The van der Waals surface area contributed by atoms with Crippen molar-refractivity contribution < 1.29 is 0 Å². The van der Waals surface area contributed by atoms with Gasteiger partial charge >= 0.3 is 0 Å². The molecule has 0 spiro atoms. The van der Waals surface area contributed by atoms with E-state index in [1.54, 1.807) is 11.3 Å². The van der Waals surface area contributed by atoms with E-state index in [1.807, 2.05) is 20.2 Å². The van der Waals surface area contributed by atoms with Gasteiger partial charge in [-0.15, -0.1) is 11.3 Å². The van der Waals surface area contributed by atoms with E-state index in [-0.39, 0.29) is 6.04 Å². The molecule has 0 amide bonds. The van der Waals surface area contributed by atoms with Crippen molar-refractivity contribution in [1.29, 1.82) is 0 Å². The summed E-state index contributed by atoms with van der Waals surface area (Å²) in [4.78, 5) is 3.40. The van der Waals surface area contributed by atoms with Gasteiger partial charge in [0.2, 0.25) is 0 Å². The number of hydrogen-bond donors (Lipinski definition) is 2. The van der Waals surface area contributed by atoms with Crippen LogP contribution in [0.25, 0.3) is 0 Å². The van der Waals surface area contributed by atoms with Gasteiger partial charge in [0.05, 0.1) is 6.04 Å². The van der Waals surface area contributed by atoms with E-state index in [9.17, 15) is 0 Å². The Kier molecular flexibility index (Phi) is 3.68. The van der Waals surface area contributed by atoms with E-state index in [0.29, 0.717) is 0 Å². The molecule has 0 aromatic carbocycles. The highest BCUT2D eigenvalue weighted by molar-refractivity contribution is 7.10. The van der Waals surface area contributed by atoms with E-state index in [1.165, 1.54) is 4.88 Å². The van der Waals surface area contributed by atoms with Gasteiger partial charge in [-0.05, 0) is 25.5 Å². The van der Waals surface area contributed by atoms with E-state index < -0.39 is 0 Å². The summed E-state index contributed by atoms with van der Waals surface area (Å²) in [7, 11) is 4.08. The molecule has 3 N–H and O–H groups in total. The number of nitrogens with one attached hydrogen (secondary N) is 1. The third-order valence-electron chi connectivity index (χ3n) is 1.64. The minimum Gasteiger partial charge on any atom is -0.307 e.